The van der Waals surface area contributed by atoms with E-state index in [2.05, 4.69) is 44.7 Å². The van der Waals surface area contributed by atoms with Crippen LogP contribution in [0.1, 0.15) is 42.0 Å². The molecule has 3 heterocycles. The van der Waals surface area contributed by atoms with Gasteiger partial charge in [0.1, 0.15) is 10.6 Å². The molecule has 1 fully saturated rings. The fraction of sp³-hybridized carbons (Fsp3) is 0.440. The summed E-state index contributed by atoms with van der Waals surface area (Å²) in [5.74, 6) is 0.102. The van der Waals surface area contributed by atoms with Gasteiger partial charge in [-0.2, -0.15) is 13.2 Å². The fourth-order valence-electron chi connectivity index (χ4n) is 4.39. The van der Waals surface area contributed by atoms with Gasteiger partial charge in [0.05, 0.1) is 26.3 Å². The summed E-state index contributed by atoms with van der Waals surface area (Å²) >= 11 is 1.15. The zero-order valence-corrected chi connectivity index (χ0v) is 22.0. The number of alkyl halides is 3. The lowest BCUT2D eigenvalue weighted by Gasteiger charge is -2.26. The second-order valence-electron chi connectivity index (χ2n) is 9.37. The summed E-state index contributed by atoms with van der Waals surface area (Å²) in [6.07, 6.45) is 1.40. The summed E-state index contributed by atoms with van der Waals surface area (Å²) in [6.45, 7) is 3.88. The molecule has 192 valence electrons. The number of hydrogen-bond donors (Lipinski definition) is 2. The highest BCUT2D eigenvalue weighted by Crippen LogP contribution is 2.43. The van der Waals surface area contributed by atoms with Gasteiger partial charge in [-0.1, -0.05) is 13.0 Å². The predicted molar refractivity (Wildman–Crippen MR) is 138 cm³/mol. The minimum Gasteiger partial charge on any atom is -0.373 e. The van der Waals surface area contributed by atoms with Crippen molar-refractivity contribution in [2.24, 2.45) is 0 Å². The molecular weight excluding hydrogens is 507 g/mol. The number of aryl methyl sites for hydroxylation is 1. The van der Waals surface area contributed by atoms with Crippen molar-refractivity contribution < 1.29 is 17.4 Å². The quantitative estimate of drug-likeness (QED) is 0.397. The van der Waals surface area contributed by atoms with E-state index in [1.165, 1.54) is 17.4 Å². The monoisotopic (exact) mass is 535 g/mol. The maximum atomic E-state index is 13.9. The van der Waals surface area contributed by atoms with E-state index >= 15 is 0 Å². The Kier molecular flexibility index (Phi) is 6.82. The molecular formula is C25H28F3N5OS2. The first-order valence-corrected chi connectivity index (χ1v) is 14.3. The van der Waals surface area contributed by atoms with Crippen molar-refractivity contribution in [1.82, 2.24) is 14.9 Å². The molecule has 1 aromatic carbocycles. The third-order valence-corrected chi connectivity index (χ3v) is 8.65. The van der Waals surface area contributed by atoms with Gasteiger partial charge in [0.15, 0.2) is 0 Å². The van der Waals surface area contributed by atoms with Crippen LogP contribution in [-0.2, 0) is 36.4 Å². The van der Waals surface area contributed by atoms with E-state index in [1.807, 2.05) is 6.92 Å². The van der Waals surface area contributed by atoms with Gasteiger partial charge in [-0.15, -0.1) is 11.3 Å². The summed E-state index contributed by atoms with van der Waals surface area (Å²) in [5, 5.41) is 7.12. The summed E-state index contributed by atoms with van der Waals surface area (Å²) in [4.78, 5) is 11.4. The van der Waals surface area contributed by atoms with Crippen molar-refractivity contribution in [2.45, 2.75) is 56.3 Å². The van der Waals surface area contributed by atoms with Crippen LogP contribution in [0.4, 0.5) is 29.8 Å². The van der Waals surface area contributed by atoms with Crippen LogP contribution >= 0.6 is 11.3 Å². The molecule has 1 saturated carbocycles. The Bertz CT molecular complexity index is 1320. The van der Waals surface area contributed by atoms with E-state index in [9.17, 15) is 17.4 Å². The Hall–Kier alpha value is -2.50. The van der Waals surface area contributed by atoms with Crippen molar-refractivity contribution >= 4 is 38.8 Å². The maximum absolute atomic E-state index is 13.9. The number of nitrogens with zero attached hydrogens (tertiary/aromatic N) is 3. The van der Waals surface area contributed by atoms with Gasteiger partial charge in [-0.3, -0.25) is 4.21 Å². The van der Waals surface area contributed by atoms with E-state index in [0.29, 0.717) is 14.8 Å². The number of fused-ring (bicyclic) bond motifs is 1. The molecule has 3 aromatic rings. The van der Waals surface area contributed by atoms with Crippen LogP contribution in [-0.4, -0.2) is 45.0 Å². The molecule has 2 aromatic heterocycles. The van der Waals surface area contributed by atoms with Crippen molar-refractivity contribution in [2.75, 3.05) is 30.5 Å². The highest BCUT2D eigenvalue weighted by atomic mass is 32.2. The summed E-state index contributed by atoms with van der Waals surface area (Å²) < 4.78 is 54.1. The molecule has 1 aliphatic carbocycles. The largest absolute Gasteiger partial charge is 0.420 e. The molecule has 0 bridgehead atoms. The molecule has 5 rings (SSSR count). The summed E-state index contributed by atoms with van der Waals surface area (Å²) in [7, 11) is 0.740. The Morgan fingerprint density at radius 1 is 1.22 bits per heavy atom. The van der Waals surface area contributed by atoms with Gasteiger partial charge in [0.2, 0.25) is 5.95 Å². The molecule has 0 amide bonds. The van der Waals surface area contributed by atoms with E-state index in [4.69, 9.17) is 0 Å². The fourth-order valence-corrected chi connectivity index (χ4v) is 6.58. The maximum Gasteiger partial charge on any atom is 0.420 e. The van der Waals surface area contributed by atoms with Crippen LogP contribution < -0.4 is 10.6 Å². The van der Waals surface area contributed by atoms with Gasteiger partial charge in [0, 0.05) is 37.3 Å². The normalized spacial score (nSPS) is 17.1. The SMILES string of the molecule is CCc1cc2c(cc1Nc1ncc(C(F)(F)F)c(-c3cc(S(C)=O)c(NC4CC4)s3)n1)CCN(C)C2. The van der Waals surface area contributed by atoms with Crippen molar-refractivity contribution in [1.29, 1.82) is 0 Å². The molecule has 0 radical (unpaired) electrons. The Labute approximate surface area is 214 Å². The second kappa shape index (κ2) is 9.75. The molecule has 6 nitrogen and oxygen atoms in total. The van der Waals surface area contributed by atoms with Crippen molar-refractivity contribution in [3.05, 3.63) is 46.6 Å². The number of thiophene rings is 1. The topological polar surface area (TPSA) is 70.1 Å². The lowest BCUT2D eigenvalue weighted by molar-refractivity contribution is -0.137. The second-order valence-corrected chi connectivity index (χ2v) is 11.8. The molecule has 1 aliphatic heterocycles. The molecule has 1 unspecified atom stereocenters. The highest BCUT2D eigenvalue weighted by Gasteiger charge is 2.36. The first-order valence-electron chi connectivity index (χ1n) is 11.9. The molecule has 0 spiro atoms. The lowest BCUT2D eigenvalue weighted by Crippen LogP contribution is -2.26. The van der Waals surface area contributed by atoms with Gasteiger partial charge in [-0.05, 0) is 61.6 Å². The van der Waals surface area contributed by atoms with E-state index in [-0.39, 0.29) is 17.7 Å². The van der Waals surface area contributed by atoms with Gasteiger partial charge >= 0.3 is 6.18 Å². The van der Waals surface area contributed by atoms with Crippen LogP contribution in [0, 0.1) is 0 Å². The number of halogens is 3. The molecule has 11 heteroatoms. The summed E-state index contributed by atoms with van der Waals surface area (Å²) in [5.41, 5.74) is 3.25. The minimum atomic E-state index is -4.63. The Morgan fingerprint density at radius 3 is 2.67 bits per heavy atom. The number of nitrogens with one attached hydrogen (secondary N) is 2. The molecule has 2 aliphatic rings. The zero-order chi connectivity index (χ0) is 25.6. The number of rotatable bonds is 7. The third-order valence-electron chi connectivity index (χ3n) is 6.50. The van der Waals surface area contributed by atoms with E-state index in [1.54, 1.807) is 6.07 Å². The lowest BCUT2D eigenvalue weighted by atomic mass is 9.95. The molecule has 1 atom stereocenters. The first-order chi connectivity index (χ1) is 17.1. The van der Waals surface area contributed by atoms with E-state index in [0.717, 1.165) is 67.6 Å². The van der Waals surface area contributed by atoms with Crippen LogP contribution in [0.25, 0.3) is 10.6 Å². The predicted octanol–water partition coefficient (Wildman–Crippen LogP) is 5.83. The van der Waals surface area contributed by atoms with Crippen LogP contribution in [0.2, 0.25) is 0 Å². The number of hydrogen-bond acceptors (Lipinski definition) is 7. The standard InChI is InChI=1S/C25H28F3N5OS2/c1-4-14-9-16-13-33(2)8-7-15(16)10-19(14)31-24-29-12-18(25(26,27)28)22(32-24)20-11-21(36(3)34)23(35-20)30-17-5-6-17/h9-12,17,30H,4-8,13H2,1-3H3,(H,29,31,32). The minimum absolute atomic E-state index is 0.102. The van der Waals surface area contributed by atoms with E-state index < -0.39 is 22.5 Å². The highest BCUT2D eigenvalue weighted by molar-refractivity contribution is 7.84. The molecule has 0 saturated heterocycles. The average molecular weight is 536 g/mol. The first kappa shape index (κ1) is 25.2. The Morgan fingerprint density at radius 2 is 2.00 bits per heavy atom. The van der Waals surface area contributed by atoms with Gasteiger partial charge in [-0.25, -0.2) is 9.97 Å². The smallest absolute Gasteiger partial charge is 0.373 e. The summed E-state index contributed by atoms with van der Waals surface area (Å²) in [6, 6.07) is 6.07. The average Bonchev–Trinajstić information content (AvgIpc) is 3.53. The van der Waals surface area contributed by atoms with Crippen molar-refractivity contribution in [3.8, 4) is 10.6 Å². The molecule has 2 N–H and O–H groups in total. The van der Waals surface area contributed by atoms with Gasteiger partial charge in [0.25, 0.3) is 0 Å². The third kappa shape index (κ3) is 5.28. The van der Waals surface area contributed by atoms with Crippen LogP contribution in [0.5, 0.6) is 0 Å². The molecule has 36 heavy (non-hydrogen) atoms. The number of aromatic nitrogens is 2. The van der Waals surface area contributed by atoms with Gasteiger partial charge < -0.3 is 15.5 Å². The number of anilines is 3. The number of benzene rings is 1. The Balaban J connectivity index is 1.54. The zero-order valence-electron chi connectivity index (χ0n) is 20.3. The van der Waals surface area contributed by atoms with Crippen molar-refractivity contribution in [3.63, 3.8) is 0 Å². The van der Waals surface area contributed by atoms with Crippen LogP contribution in [0.15, 0.2) is 29.3 Å². The van der Waals surface area contributed by atoms with Crippen LogP contribution in [0.3, 0.4) is 0 Å². The number of likely N-dealkylation sites (N-methyl/N-ethyl adjacent to an activating group) is 1.